The maximum absolute atomic E-state index is 12.4. The zero-order valence-electron chi connectivity index (χ0n) is 16.4. The zero-order chi connectivity index (χ0) is 18.9. The van der Waals surface area contributed by atoms with Crippen LogP contribution in [-0.2, 0) is 16.0 Å². The maximum Gasteiger partial charge on any atom is 0.260 e. The van der Waals surface area contributed by atoms with Gasteiger partial charge in [-0.25, -0.2) is 0 Å². The van der Waals surface area contributed by atoms with Gasteiger partial charge < -0.3 is 14.5 Å². The van der Waals surface area contributed by atoms with Crippen molar-refractivity contribution in [2.24, 2.45) is 5.92 Å². The Kier molecular flexibility index (Phi) is 7.95. The van der Waals surface area contributed by atoms with Gasteiger partial charge in [0.25, 0.3) is 5.91 Å². The van der Waals surface area contributed by atoms with Crippen LogP contribution in [0.25, 0.3) is 0 Å². The van der Waals surface area contributed by atoms with Crippen LogP contribution in [0.15, 0.2) is 24.3 Å². The largest absolute Gasteiger partial charge is 0.484 e. The predicted molar refractivity (Wildman–Crippen MR) is 103 cm³/mol. The van der Waals surface area contributed by atoms with Gasteiger partial charge in [-0.3, -0.25) is 9.59 Å². The summed E-state index contributed by atoms with van der Waals surface area (Å²) in [5.74, 6) is 1.04. The molecule has 0 radical (unpaired) electrons. The van der Waals surface area contributed by atoms with E-state index in [1.807, 2.05) is 29.2 Å². The van der Waals surface area contributed by atoms with Gasteiger partial charge in [-0.15, -0.1) is 0 Å². The summed E-state index contributed by atoms with van der Waals surface area (Å²) in [5, 5.41) is 0. The van der Waals surface area contributed by atoms with Crippen molar-refractivity contribution in [3.05, 3.63) is 29.8 Å². The zero-order valence-corrected chi connectivity index (χ0v) is 16.4. The number of ether oxygens (including phenoxy) is 1. The number of carbonyl (C=O) groups is 2. The predicted octanol–water partition coefficient (Wildman–Crippen LogP) is 3.12. The summed E-state index contributed by atoms with van der Waals surface area (Å²) < 4.78 is 5.63. The Labute approximate surface area is 157 Å². The van der Waals surface area contributed by atoms with Crippen molar-refractivity contribution in [2.45, 2.75) is 46.5 Å². The molecule has 1 aromatic rings. The van der Waals surface area contributed by atoms with E-state index in [0.29, 0.717) is 26.2 Å². The number of piperazine rings is 1. The van der Waals surface area contributed by atoms with Crippen LogP contribution in [0.5, 0.6) is 5.75 Å². The van der Waals surface area contributed by atoms with E-state index < -0.39 is 0 Å². The minimum atomic E-state index is -0.0164. The first kappa shape index (κ1) is 20.3. The van der Waals surface area contributed by atoms with Crippen molar-refractivity contribution in [3.63, 3.8) is 0 Å². The number of hydrogen-bond acceptors (Lipinski definition) is 3. The van der Waals surface area contributed by atoms with Crippen molar-refractivity contribution < 1.29 is 14.3 Å². The molecule has 1 heterocycles. The SMILES string of the molecule is CCCc1ccc(OCC(=O)N2CCN(C(=O)C(CC)CC)CC2)cc1. The van der Waals surface area contributed by atoms with Crippen molar-refractivity contribution in [1.82, 2.24) is 9.80 Å². The van der Waals surface area contributed by atoms with E-state index in [1.54, 1.807) is 4.90 Å². The van der Waals surface area contributed by atoms with Gasteiger partial charge in [0.05, 0.1) is 0 Å². The van der Waals surface area contributed by atoms with Gasteiger partial charge >= 0.3 is 0 Å². The summed E-state index contributed by atoms with van der Waals surface area (Å²) in [6.07, 6.45) is 3.92. The molecule has 0 N–H and O–H groups in total. The van der Waals surface area contributed by atoms with E-state index in [-0.39, 0.29) is 24.3 Å². The Hall–Kier alpha value is -2.04. The Morgan fingerprint density at radius 2 is 1.54 bits per heavy atom. The summed E-state index contributed by atoms with van der Waals surface area (Å²) in [7, 11) is 0. The van der Waals surface area contributed by atoms with E-state index in [2.05, 4.69) is 20.8 Å². The molecular weight excluding hydrogens is 328 g/mol. The Bertz CT molecular complexity index is 573. The van der Waals surface area contributed by atoms with E-state index in [0.717, 1.165) is 31.4 Å². The summed E-state index contributed by atoms with van der Waals surface area (Å²) in [6.45, 7) is 8.72. The van der Waals surface area contributed by atoms with Crippen molar-refractivity contribution in [3.8, 4) is 5.75 Å². The third kappa shape index (κ3) is 5.48. The molecule has 1 saturated heterocycles. The molecule has 2 rings (SSSR count). The van der Waals surface area contributed by atoms with Crippen molar-refractivity contribution in [1.29, 1.82) is 0 Å². The fourth-order valence-corrected chi connectivity index (χ4v) is 3.35. The lowest BCUT2D eigenvalue weighted by Gasteiger charge is -2.36. The highest BCUT2D eigenvalue weighted by molar-refractivity contribution is 5.80. The molecule has 1 aliphatic heterocycles. The molecule has 5 nitrogen and oxygen atoms in total. The molecule has 1 aliphatic rings. The number of hydrogen-bond donors (Lipinski definition) is 0. The fourth-order valence-electron chi connectivity index (χ4n) is 3.35. The number of carbonyl (C=O) groups excluding carboxylic acids is 2. The number of amides is 2. The van der Waals surface area contributed by atoms with Gasteiger partial charge in [0.1, 0.15) is 5.75 Å². The van der Waals surface area contributed by atoms with Crippen molar-refractivity contribution in [2.75, 3.05) is 32.8 Å². The minimum absolute atomic E-state index is 0.0164. The molecule has 1 fully saturated rings. The minimum Gasteiger partial charge on any atom is -0.484 e. The van der Waals surface area contributed by atoms with Crippen LogP contribution in [-0.4, -0.2) is 54.4 Å². The van der Waals surface area contributed by atoms with Crippen LogP contribution < -0.4 is 4.74 Å². The monoisotopic (exact) mass is 360 g/mol. The first-order valence-electron chi connectivity index (χ1n) is 9.87. The summed E-state index contributed by atoms with van der Waals surface area (Å²) in [6, 6.07) is 7.94. The highest BCUT2D eigenvalue weighted by atomic mass is 16.5. The smallest absolute Gasteiger partial charge is 0.260 e. The Morgan fingerprint density at radius 1 is 0.962 bits per heavy atom. The lowest BCUT2D eigenvalue weighted by Crippen LogP contribution is -2.52. The number of benzene rings is 1. The van der Waals surface area contributed by atoms with Crippen LogP contribution in [0.3, 0.4) is 0 Å². The maximum atomic E-state index is 12.4. The summed E-state index contributed by atoms with van der Waals surface area (Å²) >= 11 is 0. The standard InChI is InChI=1S/C21H32N2O3/c1-4-7-17-8-10-19(11-9-17)26-16-20(24)22-12-14-23(15-13-22)21(25)18(5-2)6-3/h8-11,18H,4-7,12-16H2,1-3H3. The summed E-state index contributed by atoms with van der Waals surface area (Å²) in [4.78, 5) is 28.5. The third-order valence-corrected chi connectivity index (χ3v) is 5.10. The second kappa shape index (κ2) is 10.2. The average Bonchev–Trinajstić information content (AvgIpc) is 2.68. The van der Waals surface area contributed by atoms with Crippen LogP contribution in [0.1, 0.15) is 45.6 Å². The van der Waals surface area contributed by atoms with Crippen LogP contribution in [0.2, 0.25) is 0 Å². The Morgan fingerprint density at radius 3 is 2.08 bits per heavy atom. The van der Waals surface area contributed by atoms with E-state index in [9.17, 15) is 9.59 Å². The second-order valence-electron chi connectivity index (χ2n) is 6.90. The topological polar surface area (TPSA) is 49.9 Å². The normalized spacial score (nSPS) is 14.6. The highest BCUT2D eigenvalue weighted by Gasteiger charge is 2.27. The van der Waals surface area contributed by atoms with Gasteiger partial charge in [0.2, 0.25) is 5.91 Å². The van der Waals surface area contributed by atoms with Crippen LogP contribution >= 0.6 is 0 Å². The first-order valence-corrected chi connectivity index (χ1v) is 9.87. The second-order valence-corrected chi connectivity index (χ2v) is 6.90. The van der Waals surface area contributed by atoms with Gasteiger partial charge in [-0.05, 0) is 37.0 Å². The van der Waals surface area contributed by atoms with Gasteiger partial charge in [-0.2, -0.15) is 0 Å². The van der Waals surface area contributed by atoms with Crippen molar-refractivity contribution >= 4 is 11.8 Å². The summed E-state index contributed by atoms with van der Waals surface area (Å²) in [5.41, 5.74) is 1.28. The molecule has 0 saturated carbocycles. The molecule has 1 aromatic carbocycles. The number of aryl methyl sites for hydroxylation is 1. The molecule has 2 amide bonds. The third-order valence-electron chi connectivity index (χ3n) is 5.10. The van der Waals surface area contributed by atoms with Crippen LogP contribution in [0.4, 0.5) is 0 Å². The average molecular weight is 360 g/mol. The van der Waals surface area contributed by atoms with E-state index in [1.165, 1.54) is 5.56 Å². The molecule has 5 heteroatoms. The molecular formula is C21H32N2O3. The number of nitrogens with zero attached hydrogens (tertiary/aromatic N) is 2. The Balaban J connectivity index is 1.76. The molecule has 0 aliphatic carbocycles. The highest BCUT2D eigenvalue weighted by Crippen LogP contribution is 2.15. The van der Waals surface area contributed by atoms with Gasteiger partial charge in [0.15, 0.2) is 6.61 Å². The lowest BCUT2D eigenvalue weighted by atomic mass is 10.0. The van der Waals surface area contributed by atoms with Gasteiger partial charge in [0, 0.05) is 32.1 Å². The fraction of sp³-hybridized carbons (Fsp3) is 0.619. The van der Waals surface area contributed by atoms with Gasteiger partial charge in [-0.1, -0.05) is 39.3 Å². The molecule has 0 spiro atoms. The van der Waals surface area contributed by atoms with E-state index >= 15 is 0 Å². The molecule has 144 valence electrons. The first-order chi connectivity index (χ1) is 12.6. The molecule has 26 heavy (non-hydrogen) atoms. The number of rotatable bonds is 8. The molecule has 0 atom stereocenters. The quantitative estimate of drug-likeness (QED) is 0.716. The van der Waals surface area contributed by atoms with Crippen LogP contribution in [0, 0.1) is 5.92 Å². The molecule has 0 aromatic heterocycles. The van der Waals surface area contributed by atoms with E-state index in [4.69, 9.17) is 4.74 Å². The molecule has 0 bridgehead atoms. The lowest BCUT2D eigenvalue weighted by molar-refractivity contribution is -0.143. The molecule has 0 unspecified atom stereocenters.